The zero-order valence-electron chi connectivity index (χ0n) is 8.76. The Morgan fingerprint density at radius 1 is 0.889 bits per heavy atom. The molecule has 2 aromatic carbocycles. The summed E-state index contributed by atoms with van der Waals surface area (Å²) in [6, 6.07) is 6.66. The Balaban J connectivity index is 2.67. The molecule has 95 valence electrons. The van der Waals surface area contributed by atoms with E-state index < -0.39 is 23.4 Å². The molecule has 6 heteroatoms. The lowest BCUT2D eigenvalue weighted by molar-refractivity contribution is -0.289. The third kappa shape index (κ3) is 1.87. The van der Waals surface area contributed by atoms with Crippen molar-refractivity contribution < 1.29 is 27.1 Å². The fourth-order valence-corrected chi connectivity index (χ4v) is 1.62. The Kier molecular flexibility index (Phi) is 2.68. The molecule has 0 heterocycles. The maximum absolute atomic E-state index is 13.1. The third-order valence-electron chi connectivity index (χ3n) is 2.54. The lowest BCUT2D eigenvalue weighted by atomic mass is 10.0. The van der Waals surface area contributed by atoms with Crippen LogP contribution in [0.4, 0.5) is 22.0 Å². The largest absolute Gasteiger partial charge is 0.458 e. The average molecular weight is 261 g/mol. The van der Waals surface area contributed by atoms with Gasteiger partial charge in [-0.1, -0.05) is 24.3 Å². The van der Waals surface area contributed by atoms with Gasteiger partial charge in [0.05, 0.1) is 0 Å². The van der Waals surface area contributed by atoms with Crippen LogP contribution in [0.2, 0.25) is 0 Å². The van der Waals surface area contributed by atoms with Crippen LogP contribution in [0.15, 0.2) is 36.4 Å². The fourth-order valence-electron chi connectivity index (χ4n) is 1.62. The summed E-state index contributed by atoms with van der Waals surface area (Å²) >= 11 is 0. The molecule has 0 spiro atoms. The lowest BCUT2D eigenvalue weighted by Crippen LogP contribution is -2.33. The normalized spacial score (nSPS) is 12.9. The van der Waals surface area contributed by atoms with Crippen molar-refractivity contribution in [2.45, 2.75) is 12.1 Å². The van der Waals surface area contributed by atoms with E-state index in [2.05, 4.69) is 0 Å². The molecule has 0 fully saturated rings. The summed E-state index contributed by atoms with van der Waals surface area (Å²) in [5, 5.41) is 11.6. The van der Waals surface area contributed by atoms with Crippen LogP contribution >= 0.6 is 0 Å². The van der Waals surface area contributed by atoms with E-state index in [4.69, 9.17) is 0 Å². The second-order valence-electron chi connectivity index (χ2n) is 3.77. The van der Waals surface area contributed by atoms with Crippen LogP contribution in [0.5, 0.6) is 5.75 Å². The van der Waals surface area contributed by atoms with Crippen molar-refractivity contribution >= 4 is 10.8 Å². The van der Waals surface area contributed by atoms with Crippen LogP contribution < -0.4 is 0 Å². The van der Waals surface area contributed by atoms with E-state index in [1.54, 1.807) is 0 Å². The van der Waals surface area contributed by atoms with E-state index >= 15 is 0 Å². The molecule has 0 saturated heterocycles. The summed E-state index contributed by atoms with van der Waals surface area (Å²) < 4.78 is 62.8. The number of benzene rings is 2. The van der Waals surface area contributed by atoms with E-state index in [0.29, 0.717) is 12.1 Å². The van der Waals surface area contributed by atoms with Crippen molar-refractivity contribution in [3.63, 3.8) is 0 Å². The molecule has 0 aliphatic rings. The molecule has 0 aromatic heterocycles. The Hall–Kier alpha value is -1.85. The van der Waals surface area contributed by atoms with E-state index in [-0.39, 0.29) is 10.8 Å². The highest BCUT2D eigenvalue weighted by Gasteiger charge is 2.58. The summed E-state index contributed by atoms with van der Waals surface area (Å²) in [6.45, 7) is 0. The number of hydrogen-bond acceptors (Lipinski definition) is 0. The van der Waals surface area contributed by atoms with E-state index in [0.717, 1.165) is 0 Å². The minimum absolute atomic E-state index is 0.0592. The molecular weight excluding hydrogens is 255 g/mol. The van der Waals surface area contributed by atoms with Crippen molar-refractivity contribution in [2.24, 2.45) is 0 Å². The highest BCUT2D eigenvalue weighted by molar-refractivity contribution is 5.88. The van der Waals surface area contributed by atoms with Gasteiger partial charge in [0.15, 0.2) is 5.75 Å². The minimum atomic E-state index is -5.72. The predicted molar refractivity (Wildman–Crippen MR) is 54.0 cm³/mol. The third-order valence-corrected chi connectivity index (χ3v) is 2.54. The van der Waals surface area contributed by atoms with Crippen LogP contribution in [0.3, 0.4) is 0 Å². The van der Waals surface area contributed by atoms with Crippen LogP contribution in [0.25, 0.3) is 10.8 Å². The number of alkyl halides is 5. The molecule has 0 aliphatic carbocycles. The van der Waals surface area contributed by atoms with Gasteiger partial charge >= 0.3 is 12.1 Å². The van der Waals surface area contributed by atoms with Crippen LogP contribution in [0, 0.1) is 0 Å². The monoisotopic (exact) mass is 261 g/mol. The molecule has 1 radical (unpaired) electrons. The highest BCUT2D eigenvalue weighted by Crippen LogP contribution is 2.45. The second-order valence-corrected chi connectivity index (χ2v) is 3.77. The molecule has 0 atom stereocenters. The van der Waals surface area contributed by atoms with Gasteiger partial charge in [-0.3, -0.25) is 5.11 Å². The Morgan fingerprint density at radius 2 is 1.50 bits per heavy atom. The van der Waals surface area contributed by atoms with E-state index in [1.165, 1.54) is 24.3 Å². The van der Waals surface area contributed by atoms with Gasteiger partial charge < -0.3 is 0 Å². The summed E-state index contributed by atoms with van der Waals surface area (Å²) in [6.07, 6.45) is -5.72. The van der Waals surface area contributed by atoms with E-state index in [9.17, 15) is 27.1 Å². The zero-order chi connectivity index (χ0) is 13.6. The van der Waals surface area contributed by atoms with Crippen molar-refractivity contribution in [1.29, 1.82) is 0 Å². The molecule has 0 saturated carbocycles. The first kappa shape index (κ1) is 12.6. The smallest absolute Gasteiger partial charge is 0.289 e. The molecule has 0 bridgehead atoms. The first-order chi connectivity index (χ1) is 8.23. The maximum atomic E-state index is 13.1. The molecule has 18 heavy (non-hydrogen) atoms. The van der Waals surface area contributed by atoms with Gasteiger partial charge in [-0.2, -0.15) is 22.0 Å². The van der Waals surface area contributed by atoms with Gasteiger partial charge in [0.25, 0.3) is 0 Å². The number of halogens is 5. The minimum Gasteiger partial charge on any atom is -0.289 e. The standard InChI is InChI=1S/C12H6F5O/c13-11(14,12(15,16)17)8-5-7-3-1-2-4-9(7)10(18)6-8/h1-6H. The Bertz CT molecular complexity index is 589. The van der Waals surface area contributed by atoms with Gasteiger partial charge in [-0.05, 0) is 17.5 Å². The quantitative estimate of drug-likeness (QED) is 0.666. The van der Waals surface area contributed by atoms with Gasteiger partial charge in [-0.15, -0.1) is 0 Å². The van der Waals surface area contributed by atoms with Crippen LogP contribution in [0.1, 0.15) is 5.56 Å². The fraction of sp³-hybridized carbons (Fsp3) is 0.167. The molecule has 0 N–H and O–H groups in total. The first-order valence-electron chi connectivity index (χ1n) is 4.88. The second kappa shape index (κ2) is 3.83. The lowest BCUT2D eigenvalue weighted by Gasteiger charge is -2.20. The molecule has 0 amide bonds. The summed E-state index contributed by atoms with van der Waals surface area (Å²) in [7, 11) is 0. The number of rotatable bonds is 1. The van der Waals surface area contributed by atoms with Gasteiger partial charge in [-0.25, -0.2) is 0 Å². The average Bonchev–Trinajstić information content (AvgIpc) is 2.27. The zero-order valence-corrected chi connectivity index (χ0v) is 8.76. The molecule has 0 aliphatic heterocycles. The van der Waals surface area contributed by atoms with E-state index in [1.807, 2.05) is 0 Å². The van der Waals surface area contributed by atoms with Crippen molar-refractivity contribution in [1.82, 2.24) is 0 Å². The maximum Gasteiger partial charge on any atom is 0.458 e. The first-order valence-corrected chi connectivity index (χ1v) is 4.88. The topological polar surface area (TPSA) is 19.9 Å². The molecule has 1 nitrogen and oxygen atoms in total. The number of fused-ring (bicyclic) bond motifs is 1. The van der Waals surface area contributed by atoms with Crippen LogP contribution in [-0.2, 0) is 11.0 Å². The summed E-state index contributed by atoms with van der Waals surface area (Å²) in [5.41, 5.74) is -1.33. The van der Waals surface area contributed by atoms with Crippen molar-refractivity contribution in [3.05, 3.63) is 42.0 Å². The van der Waals surface area contributed by atoms with Gasteiger partial charge in [0, 0.05) is 10.9 Å². The van der Waals surface area contributed by atoms with Crippen molar-refractivity contribution in [2.75, 3.05) is 0 Å². The van der Waals surface area contributed by atoms with Crippen molar-refractivity contribution in [3.8, 4) is 5.75 Å². The Morgan fingerprint density at radius 3 is 2.11 bits per heavy atom. The van der Waals surface area contributed by atoms with Gasteiger partial charge in [0.2, 0.25) is 0 Å². The van der Waals surface area contributed by atoms with Gasteiger partial charge in [0.1, 0.15) is 0 Å². The molecule has 0 unspecified atom stereocenters. The predicted octanol–water partition coefficient (Wildman–Crippen LogP) is 4.64. The number of hydrogen-bond donors (Lipinski definition) is 0. The van der Waals surface area contributed by atoms with Crippen LogP contribution in [-0.4, -0.2) is 6.18 Å². The SMILES string of the molecule is [O]c1cc(C(F)(F)C(F)(F)F)cc2ccccc12. The molecular formula is C12H6F5O. The highest BCUT2D eigenvalue weighted by atomic mass is 19.4. The molecule has 2 aromatic rings. The Labute approximate surface area is 98.5 Å². The molecule has 2 rings (SSSR count). The summed E-state index contributed by atoms with van der Waals surface area (Å²) in [4.78, 5) is 0. The summed E-state index contributed by atoms with van der Waals surface area (Å²) in [5.74, 6) is -5.89.